The number of carboxylic acid groups (broad SMARTS) is 1. The van der Waals surface area contributed by atoms with Gasteiger partial charge in [-0.15, -0.1) is 0 Å². The van der Waals surface area contributed by atoms with Crippen LogP contribution in [0, 0.1) is 5.92 Å². The number of nitrogens with one attached hydrogen (secondary N) is 2. The van der Waals surface area contributed by atoms with Gasteiger partial charge in [-0.2, -0.15) is 0 Å². The largest absolute Gasteiger partial charge is 0.493 e. The number of nitrogens with zero attached hydrogens (tertiary/aromatic N) is 1. The molecule has 0 aliphatic carbocycles. The van der Waals surface area contributed by atoms with Gasteiger partial charge in [-0.25, -0.2) is 9.78 Å². The first-order chi connectivity index (χ1) is 13.8. The molecule has 2 unspecified atom stereocenters. The Morgan fingerprint density at radius 3 is 2.79 bits per heavy atom. The topological polar surface area (TPSA) is 110 Å². The van der Waals surface area contributed by atoms with E-state index >= 15 is 0 Å². The lowest BCUT2D eigenvalue weighted by Gasteiger charge is -2.23. The zero-order valence-electron chi connectivity index (χ0n) is 16.7. The van der Waals surface area contributed by atoms with Gasteiger partial charge in [0.25, 0.3) is 0 Å². The molecule has 1 aliphatic rings. The summed E-state index contributed by atoms with van der Waals surface area (Å²) in [7, 11) is 0. The monoisotopic (exact) mass is 399 g/mol. The average Bonchev–Trinajstić information content (AvgIpc) is 2.65. The van der Waals surface area contributed by atoms with Crippen LogP contribution >= 0.6 is 0 Å². The molecule has 1 aromatic carbocycles. The second-order valence-corrected chi connectivity index (χ2v) is 7.32. The summed E-state index contributed by atoms with van der Waals surface area (Å²) in [6.07, 6.45) is 1.33. The summed E-state index contributed by atoms with van der Waals surface area (Å²) in [4.78, 5) is 26.3. The van der Waals surface area contributed by atoms with Crippen molar-refractivity contribution in [2.45, 2.75) is 39.8 Å². The van der Waals surface area contributed by atoms with Crippen LogP contribution in [0.3, 0.4) is 0 Å². The van der Waals surface area contributed by atoms with Gasteiger partial charge in [0.05, 0.1) is 6.61 Å². The summed E-state index contributed by atoms with van der Waals surface area (Å²) in [6.45, 7) is 6.07. The molecule has 2 aromatic rings. The van der Waals surface area contributed by atoms with Crippen LogP contribution in [0.15, 0.2) is 30.5 Å². The first kappa shape index (κ1) is 20.4. The van der Waals surface area contributed by atoms with Gasteiger partial charge in [-0.05, 0) is 43.0 Å². The van der Waals surface area contributed by atoms with Crippen molar-refractivity contribution in [2.24, 2.45) is 5.92 Å². The summed E-state index contributed by atoms with van der Waals surface area (Å²) < 4.78 is 11.8. The van der Waals surface area contributed by atoms with E-state index in [4.69, 9.17) is 14.6 Å². The van der Waals surface area contributed by atoms with Gasteiger partial charge in [-0.3, -0.25) is 4.79 Å². The van der Waals surface area contributed by atoms with Gasteiger partial charge in [0.15, 0.2) is 0 Å². The molecule has 154 valence electrons. The Hall–Kier alpha value is -3.29. The number of ether oxygens (including phenoxy) is 2. The normalized spacial score (nSPS) is 13.9. The molecule has 2 heterocycles. The molecule has 8 heteroatoms. The fraction of sp³-hybridized carbons (Fsp3) is 0.381. The smallest absolute Gasteiger partial charge is 0.404 e. The van der Waals surface area contributed by atoms with Crippen LogP contribution in [0.5, 0.6) is 11.5 Å². The van der Waals surface area contributed by atoms with Crippen LogP contribution in [0.2, 0.25) is 0 Å². The number of anilines is 1. The van der Waals surface area contributed by atoms with E-state index in [9.17, 15) is 9.59 Å². The Morgan fingerprint density at radius 1 is 1.28 bits per heavy atom. The van der Waals surface area contributed by atoms with Crippen LogP contribution < -0.4 is 20.1 Å². The highest BCUT2D eigenvalue weighted by atomic mass is 16.5. The molecule has 0 spiro atoms. The third-order valence-electron chi connectivity index (χ3n) is 4.63. The number of fused-ring (bicyclic) bond motifs is 3. The van der Waals surface area contributed by atoms with E-state index in [2.05, 4.69) is 15.6 Å². The van der Waals surface area contributed by atoms with Crippen molar-refractivity contribution in [3.8, 4) is 22.6 Å². The number of carbonyl (C=O) groups is 2. The standard InChI is InChI=1S/C21H25N3O5/c1-12(8-13(2)23-21(26)27)10-28-15-4-5-17-16-6-7-22-20(24-14(3)25)18(16)11-29-19(17)9-15/h4-7,9,12-13,23H,8,10-11H2,1-3H3,(H,26,27)(H,22,24,25). The quantitative estimate of drug-likeness (QED) is 0.655. The number of hydrogen-bond acceptors (Lipinski definition) is 5. The van der Waals surface area contributed by atoms with Crippen LogP contribution in [0.25, 0.3) is 11.1 Å². The third kappa shape index (κ3) is 5.16. The van der Waals surface area contributed by atoms with Gasteiger partial charge in [-0.1, -0.05) is 6.92 Å². The fourth-order valence-corrected chi connectivity index (χ4v) is 3.43. The number of pyridine rings is 1. The molecule has 0 fully saturated rings. The Bertz CT molecular complexity index is 915. The van der Waals surface area contributed by atoms with Crippen LogP contribution in [0.1, 0.15) is 32.8 Å². The molecule has 0 bridgehead atoms. The maximum atomic E-state index is 11.4. The van der Waals surface area contributed by atoms with Crippen molar-refractivity contribution in [3.63, 3.8) is 0 Å². The Morgan fingerprint density at radius 2 is 2.07 bits per heavy atom. The minimum atomic E-state index is -1.02. The lowest BCUT2D eigenvalue weighted by molar-refractivity contribution is -0.114. The van der Waals surface area contributed by atoms with E-state index in [1.807, 2.05) is 38.1 Å². The van der Waals surface area contributed by atoms with E-state index in [0.29, 0.717) is 37.0 Å². The lowest BCUT2D eigenvalue weighted by Crippen LogP contribution is -2.33. The number of amides is 2. The molecule has 29 heavy (non-hydrogen) atoms. The van der Waals surface area contributed by atoms with E-state index in [1.165, 1.54) is 6.92 Å². The average molecular weight is 399 g/mol. The fourth-order valence-electron chi connectivity index (χ4n) is 3.43. The predicted octanol–water partition coefficient (Wildman–Crippen LogP) is 3.66. The van der Waals surface area contributed by atoms with Crippen LogP contribution in [-0.2, 0) is 11.4 Å². The first-order valence-corrected chi connectivity index (χ1v) is 9.48. The lowest BCUT2D eigenvalue weighted by atomic mass is 9.98. The molecule has 2 atom stereocenters. The molecule has 0 saturated heterocycles. The van der Waals surface area contributed by atoms with Crippen molar-refractivity contribution in [1.29, 1.82) is 0 Å². The van der Waals surface area contributed by atoms with Gasteiger partial charge in [0, 0.05) is 36.4 Å². The summed E-state index contributed by atoms with van der Waals surface area (Å²) >= 11 is 0. The maximum Gasteiger partial charge on any atom is 0.404 e. The van der Waals surface area contributed by atoms with Crippen molar-refractivity contribution in [3.05, 3.63) is 36.0 Å². The Balaban J connectivity index is 1.68. The van der Waals surface area contributed by atoms with E-state index in [1.54, 1.807) is 6.20 Å². The van der Waals surface area contributed by atoms with Crippen LogP contribution in [-0.4, -0.2) is 34.7 Å². The third-order valence-corrected chi connectivity index (χ3v) is 4.63. The zero-order valence-corrected chi connectivity index (χ0v) is 16.7. The van der Waals surface area contributed by atoms with Crippen molar-refractivity contribution < 1.29 is 24.2 Å². The maximum absolute atomic E-state index is 11.4. The zero-order chi connectivity index (χ0) is 21.0. The second kappa shape index (κ2) is 8.81. The first-order valence-electron chi connectivity index (χ1n) is 9.48. The van der Waals surface area contributed by atoms with Crippen molar-refractivity contribution >= 4 is 17.8 Å². The minimum Gasteiger partial charge on any atom is -0.493 e. The minimum absolute atomic E-state index is 0.138. The highest BCUT2D eigenvalue weighted by molar-refractivity contribution is 5.90. The number of aromatic nitrogens is 1. The molecule has 2 amide bonds. The van der Waals surface area contributed by atoms with Gasteiger partial charge in [0.2, 0.25) is 5.91 Å². The molecule has 0 radical (unpaired) electrons. The summed E-state index contributed by atoms with van der Waals surface area (Å²) in [6, 6.07) is 7.42. The molecule has 1 aliphatic heterocycles. The summed E-state index contributed by atoms with van der Waals surface area (Å²) in [5.74, 6) is 1.92. The van der Waals surface area contributed by atoms with Gasteiger partial charge in [0.1, 0.15) is 23.9 Å². The highest BCUT2D eigenvalue weighted by Gasteiger charge is 2.22. The number of benzene rings is 1. The molecule has 3 rings (SSSR count). The molecular formula is C21H25N3O5. The molecule has 3 N–H and O–H groups in total. The summed E-state index contributed by atoms with van der Waals surface area (Å²) in [5, 5.41) is 14.0. The molecule has 0 saturated carbocycles. The number of hydrogen-bond donors (Lipinski definition) is 3. The van der Waals surface area contributed by atoms with Gasteiger partial charge < -0.3 is 25.2 Å². The van der Waals surface area contributed by atoms with E-state index in [0.717, 1.165) is 16.7 Å². The molecule has 1 aromatic heterocycles. The van der Waals surface area contributed by atoms with Crippen molar-refractivity contribution in [1.82, 2.24) is 10.3 Å². The van der Waals surface area contributed by atoms with Crippen LogP contribution in [0.4, 0.5) is 10.6 Å². The SMILES string of the molecule is CC(=O)Nc1nccc2c1COc1cc(OCC(C)CC(C)NC(=O)O)ccc1-2. The summed E-state index contributed by atoms with van der Waals surface area (Å²) in [5.41, 5.74) is 2.73. The predicted molar refractivity (Wildman–Crippen MR) is 108 cm³/mol. The Labute approximate surface area is 169 Å². The highest BCUT2D eigenvalue weighted by Crippen LogP contribution is 2.41. The number of rotatable bonds is 7. The molecular weight excluding hydrogens is 374 g/mol. The van der Waals surface area contributed by atoms with E-state index < -0.39 is 6.09 Å². The van der Waals surface area contributed by atoms with Gasteiger partial charge >= 0.3 is 6.09 Å². The Kier molecular flexibility index (Phi) is 6.21. The number of carbonyl (C=O) groups excluding carboxylic acids is 1. The van der Waals surface area contributed by atoms with Crippen molar-refractivity contribution in [2.75, 3.05) is 11.9 Å². The van der Waals surface area contributed by atoms with E-state index in [-0.39, 0.29) is 17.9 Å². The second-order valence-electron chi connectivity index (χ2n) is 7.32. The molecule has 8 nitrogen and oxygen atoms in total.